The maximum atomic E-state index is 9.50. The highest BCUT2D eigenvalue weighted by Gasteiger charge is 2.15. The average molecular weight is 280 g/mol. The Hall–Kier alpha value is -1.71. The van der Waals surface area contributed by atoms with Crippen molar-refractivity contribution < 1.29 is 9.63 Å². The Morgan fingerprint density at radius 1 is 1.00 bits per heavy atom. The lowest BCUT2D eigenvalue weighted by atomic mass is 10.1. The van der Waals surface area contributed by atoms with Crippen LogP contribution in [0.1, 0.15) is 0 Å². The van der Waals surface area contributed by atoms with E-state index in [0.717, 1.165) is 10.9 Å². The third-order valence-electron chi connectivity index (χ3n) is 2.68. The summed E-state index contributed by atoms with van der Waals surface area (Å²) in [4.78, 5) is 0. The van der Waals surface area contributed by atoms with Gasteiger partial charge in [-0.15, -0.1) is 0 Å². The molecular formula is C13H7Cl2NO2. The van der Waals surface area contributed by atoms with E-state index < -0.39 is 0 Å². The second-order valence-electron chi connectivity index (χ2n) is 3.81. The van der Waals surface area contributed by atoms with Crippen LogP contribution in [0.2, 0.25) is 10.0 Å². The van der Waals surface area contributed by atoms with E-state index in [2.05, 4.69) is 5.16 Å². The lowest BCUT2D eigenvalue weighted by Crippen LogP contribution is -1.78. The van der Waals surface area contributed by atoms with Crippen molar-refractivity contribution in [2.75, 3.05) is 0 Å². The van der Waals surface area contributed by atoms with Gasteiger partial charge in [-0.05, 0) is 24.3 Å². The van der Waals surface area contributed by atoms with Crippen molar-refractivity contribution in [2.24, 2.45) is 0 Å². The molecule has 3 nitrogen and oxygen atoms in total. The number of benzene rings is 2. The number of aromatic nitrogens is 1. The fourth-order valence-electron chi connectivity index (χ4n) is 1.78. The van der Waals surface area contributed by atoms with Crippen molar-refractivity contribution in [2.45, 2.75) is 0 Å². The van der Waals surface area contributed by atoms with Gasteiger partial charge in [0.15, 0.2) is 5.58 Å². The average Bonchev–Trinajstić information content (AvgIpc) is 2.79. The van der Waals surface area contributed by atoms with Crippen LogP contribution >= 0.6 is 23.2 Å². The highest BCUT2D eigenvalue weighted by molar-refractivity contribution is 6.36. The highest BCUT2D eigenvalue weighted by Crippen LogP contribution is 2.36. The van der Waals surface area contributed by atoms with Gasteiger partial charge < -0.3 is 9.63 Å². The zero-order valence-electron chi connectivity index (χ0n) is 9.02. The van der Waals surface area contributed by atoms with E-state index in [1.54, 1.807) is 18.2 Å². The topological polar surface area (TPSA) is 46.3 Å². The first-order chi connectivity index (χ1) is 8.66. The van der Waals surface area contributed by atoms with Gasteiger partial charge in [0.25, 0.3) is 0 Å². The summed E-state index contributed by atoms with van der Waals surface area (Å²) >= 11 is 11.8. The zero-order chi connectivity index (χ0) is 12.7. The predicted octanol–water partition coefficient (Wildman–Crippen LogP) is 4.51. The van der Waals surface area contributed by atoms with Crippen LogP contribution in [0.4, 0.5) is 0 Å². The maximum absolute atomic E-state index is 9.50. The lowest BCUT2D eigenvalue weighted by Gasteiger charge is -1.98. The van der Waals surface area contributed by atoms with E-state index in [1.807, 2.05) is 12.1 Å². The molecule has 2 aromatic carbocycles. The van der Waals surface area contributed by atoms with Crippen molar-refractivity contribution in [3.63, 3.8) is 0 Å². The van der Waals surface area contributed by atoms with Crippen LogP contribution in [0.5, 0.6) is 5.75 Å². The number of nitrogens with zero attached hydrogens (tertiary/aromatic N) is 1. The quantitative estimate of drug-likeness (QED) is 0.713. The Kier molecular flexibility index (Phi) is 2.65. The van der Waals surface area contributed by atoms with Gasteiger partial charge in [0, 0.05) is 10.6 Å². The maximum Gasteiger partial charge on any atom is 0.189 e. The minimum atomic E-state index is -0.0250. The van der Waals surface area contributed by atoms with Crippen molar-refractivity contribution >= 4 is 34.2 Å². The number of aromatic hydroxyl groups is 1. The van der Waals surface area contributed by atoms with E-state index in [4.69, 9.17) is 27.7 Å². The molecule has 0 aliphatic carbocycles. The summed E-state index contributed by atoms with van der Waals surface area (Å²) in [5.74, 6) is -0.0250. The van der Waals surface area contributed by atoms with Gasteiger partial charge in [0.1, 0.15) is 16.5 Å². The molecule has 3 aromatic rings. The van der Waals surface area contributed by atoms with Gasteiger partial charge in [0.2, 0.25) is 0 Å². The summed E-state index contributed by atoms with van der Waals surface area (Å²) in [5, 5.41) is 15.1. The number of phenolic OH excluding ortho intramolecular Hbond substituents is 1. The predicted molar refractivity (Wildman–Crippen MR) is 71.1 cm³/mol. The Bertz CT molecular complexity index is 720. The summed E-state index contributed by atoms with van der Waals surface area (Å²) in [7, 11) is 0. The van der Waals surface area contributed by atoms with Crippen LogP contribution in [0.25, 0.3) is 22.2 Å². The number of hydrogen-bond donors (Lipinski definition) is 1. The van der Waals surface area contributed by atoms with Crippen molar-refractivity contribution in [1.82, 2.24) is 5.16 Å². The molecule has 0 aliphatic rings. The first kappa shape index (κ1) is 11.4. The van der Waals surface area contributed by atoms with E-state index in [9.17, 15) is 5.11 Å². The van der Waals surface area contributed by atoms with E-state index >= 15 is 0 Å². The molecule has 1 aromatic heterocycles. The summed E-state index contributed by atoms with van der Waals surface area (Å²) in [6.45, 7) is 0. The summed E-state index contributed by atoms with van der Waals surface area (Å²) in [6, 6.07) is 10.5. The SMILES string of the molecule is Oc1ccc2c(-c3ccc(Cl)cc3)noc2c1Cl. The van der Waals surface area contributed by atoms with Gasteiger partial charge >= 0.3 is 0 Å². The normalized spacial score (nSPS) is 11.0. The largest absolute Gasteiger partial charge is 0.506 e. The molecule has 0 unspecified atom stereocenters. The van der Waals surface area contributed by atoms with Crippen LogP contribution in [-0.2, 0) is 0 Å². The Morgan fingerprint density at radius 2 is 1.72 bits per heavy atom. The van der Waals surface area contributed by atoms with E-state index in [-0.39, 0.29) is 10.8 Å². The molecule has 3 rings (SSSR count). The number of rotatable bonds is 1. The molecule has 0 aliphatic heterocycles. The molecule has 0 atom stereocenters. The van der Waals surface area contributed by atoms with Gasteiger partial charge in [0.05, 0.1) is 5.39 Å². The number of fused-ring (bicyclic) bond motifs is 1. The molecule has 0 saturated heterocycles. The lowest BCUT2D eigenvalue weighted by molar-refractivity contribution is 0.451. The van der Waals surface area contributed by atoms with Crippen LogP contribution in [0.3, 0.4) is 0 Å². The van der Waals surface area contributed by atoms with Crippen LogP contribution in [-0.4, -0.2) is 10.3 Å². The number of halogens is 2. The second-order valence-corrected chi connectivity index (χ2v) is 4.63. The monoisotopic (exact) mass is 279 g/mol. The Morgan fingerprint density at radius 3 is 2.44 bits per heavy atom. The molecule has 0 amide bonds. The molecule has 0 saturated carbocycles. The van der Waals surface area contributed by atoms with Gasteiger partial charge in [-0.3, -0.25) is 0 Å². The molecule has 0 spiro atoms. The molecule has 1 heterocycles. The van der Waals surface area contributed by atoms with Gasteiger partial charge in [-0.2, -0.15) is 0 Å². The third-order valence-corrected chi connectivity index (χ3v) is 3.29. The standard InChI is InChI=1S/C13H7Cl2NO2/c14-8-3-1-7(2-4-8)12-9-5-6-10(17)11(15)13(9)18-16-12/h1-6,17H. The van der Waals surface area contributed by atoms with Crippen molar-refractivity contribution in [3.05, 3.63) is 46.4 Å². The molecular weight excluding hydrogens is 273 g/mol. The van der Waals surface area contributed by atoms with E-state index in [1.165, 1.54) is 6.07 Å². The summed E-state index contributed by atoms with van der Waals surface area (Å²) in [6.07, 6.45) is 0. The van der Waals surface area contributed by atoms with E-state index in [0.29, 0.717) is 16.3 Å². The van der Waals surface area contributed by atoms with Crippen molar-refractivity contribution in [1.29, 1.82) is 0 Å². The first-order valence-corrected chi connectivity index (χ1v) is 5.95. The zero-order valence-corrected chi connectivity index (χ0v) is 10.5. The molecule has 1 N–H and O–H groups in total. The Labute approximate surface area is 113 Å². The first-order valence-electron chi connectivity index (χ1n) is 5.19. The molecule has 18 heavy (non-hydrogen) atoms. The molecule has 5 heteroatoms. The van der Waals surface area contributed by atoms with Gasteiger partial charge in [-0.1, -0.05) is 40.5 Å². The molecule has 0 fully saturated rings. The van der Waals surface area contributed by atoms with Gasteiger partial charge in [-0.25, -0.2) is 0 Å². The molecule has 0 bridgehead atoms. The second kappa shape index (κ2) is 4.19. The highest BCUT2D eigenvalue weighted by atomic mass is 35.5. The van der Waals surface area contributed by atoms with Crippen molar-refractivity contribution in [3.8, 4) is 17.0 Å². The molecule has 90 valence electrons. The Balaban J connectivity index is 2.25. The smallest absolute Gasteiger partial charge is 0.189 e. The fourth-order valence-corrected chi connectivity index (χ4v) is 2.10. The third kappa shape index (κ3) is 1.72. The van der Waals surface area contributed by atoms with Crippen LogP contribution in [0, 0.1) is 0 Å². The van der Waals surface area contributed by atoms with Crippen LogP contribution < -0.4 is 0 Å². The minimum absolute atomic E-state index is 0.0250. The summed E-state index contributed by atoms with van der Waals surface area (Å²) in [5.41, 5.74) is 1.92. The minimum Gasteiger partial charge on any atom is -0.506 e. The fraction of sp³-hybridized carbons (Fsp3) is 0. The van der Waals surface area contributed by atoms with Crippen LogP contribution in [0.15, 0.2) is 40.9 Å². The molecule has 0 radical (unpaired) electrons. The summed E-state index contributed by atoms with van der Waals surface area (Å²) < 4.78 is 5.17. The number of phenols is 1. The number of hydrogen-bond acceptors (Lipinski definition) is 3.